The van der Waals surface area contributed by atoms with Crippen LogP contribution >= 0.6 is 12.2 Å². The summed E-state index contributed by atoms with van der Waals surface area (Å²) < 4.78 is 7.35. The molecule has 0 aliphatic rings. The highest BCUT2D eigenvalue weighted by Crippen LogP contribution is 1.97. The fourth-order valence-electron chi connectivity index (χ4n) is 0.593. The average molecular weight is 192 g/mol. The van der Waals surface area contributed by atoms with Crippen molar-refractivity contribution in [3.05, 3.63) is 0 Å². The van der Waals surface area contributed by atoms with E-state index < -0.39 is 0 Å². The number of carbonyl (C=O) groups is 1. The summed E-state index contributed by atoms with van der Waals surface area (Å²) in [6.45, 7) is 4.74. The predicted octanol–water partition coefficient (Wildman–Crippen LogP) is 0.700. The lowest BCUT2D eigenvalue weighted by molar-refractivity contribution is -0.133. The molecule has 0 saturated heterocycles. The summed E-state index contributed by atoms with van der Waals surface area (Å²) in [5, 5.41) is 3.12. The number of rotatable bonds is 6. The van der Waals surface area contributed by atoms with Crippen LogP contribution in [0, 0.1) is 0 Å². The van der Waals surface area contributed by atoms with E-state index >= 15 is 0 Å². The van der Waals surface area contributed by atoms with Crippen molar-refractivity contribution in [1.82, 2.24) is 10.0 Å². The smallest absolute Gasteiger partial charge is 0.320 e. The van der Waals surface area contributed by atoms with E-state index in [1.54, 1.807) is 7.05 Å². The molecule has 0 aliphatic carbocycles. The fourth-order valence-corrected chi connectivity index (χ4v) is 0.852. The van der Waals surface area contributed by atoms with E-state index in [-0.39, 0.29) is 5.97 Å². The second-order valence-corrected chi connectivity index (χ2v) is 3.34. The number of hydrogen-bond donors (Lipinski definition) is 2. The minimum Gasteiger partial charge on any atom is -0.375 e. The van der Waals surface area contributed by atoms with Gasteiger partial charge in [-0.05, 0) is 7.05 Å². The Morgan fingerprint density at radius 1 is 1.58 bits per heavy atom. The topological polar surface area (TPSA) is 50.4 Å². The summed E-state index contributed by atoms with van der Waals surface area (Å²) in [7, 11) is 1.70. The van der Waals surface area contributed by atoms with E-state index in [4.69, 9.17) is 4.18 Å². The van der Waals surface area contributed by atoms with Crippen molar-refractivity contribution in [1.29, 1.82) is 0 Å². The third-order valence-electron chi connectivity index (χ3n) is 1.10. The van der Waals surface area contributed by atoms with Gasteiger partial charge in [0.1, 0.15) is 12.2 Å². The molecule has 0 aromatic heterocycles. The highest BCUT2D eigenvalue weighted by molar-refractivity contribution is 7.93. The second-order valence-electron chi connectivity index (χ2n) is 2.60. The molecule has 0 aliphatic heterocycles. The molecule has 0 aromatic carbocycles. The van der Waals surface area contributed by atoms with Gasteiger partial charge in [0.05, 0.1) is 6.42 Å². The van der Waals surface area contributed by atoms with Gasteiger partial charge in [0.15, 0.2) is 0 Å². The lowest BCUT2D eigenvalue weighted by Crippen LogP contribution is -2.25. The minimum absolute atomic E-state index is 0.206. The predicted molar refractivity (Wildman–Crippen MR) is 50.5 cm³/mol. The average Bonchev–Trinajstić information content (AvgIpc) is 2.00. The molecule has 4 nitrogen and oxygen atoms in total. The molecule has 2 N–H and O–H groups in total. The van der Waals surface area contributed by atoms with Crippen LogP contribution in [0.3, 0.4) is 0 Å². The highest BCUT2D eigenvalue weighted by atomic mass is 32.2. The lowest BCUT2D eigenvalue weighted by Gasteiger charge is -2.06. The summed E-state index contributed by atoms with van der Waals surface area (Å²) in [6, 6.07) is 0.412. The van der Waals surface area contributed by atoms with Crippen LogP contribution in [-0.2, 0) is 8.98 Å². The van der Waals surface area contributed by atoms with Crippen molar-refractivity contribution in [2.24, 2.45) is 0 Å². The van der Waals surface area contributed by atoms with Gasteiger partial charge < -0.3 is 9.50 Å². The van der Waals surface area contributed by atoms with E-state index in [0.29, 0.717) is 19.0 Å². The van der Waals surface area contributed by atoms with Crippen molar-refractivity contribution in [3.63, 3.8) is 0 Å². The molecule has 0 aromatic rings. The van der Waals surface area contributed by atoms with Crippen LogP contribution in [0.5, 0.6) is 0 Å². The first-order valence-corrected chi connectivity index (χ1v) is 4.67. The normalized spacial score (nSPS) is 10.3. The van der Waals surface area contributed by atoms with Crippen LogP contribution in [0.1, 0.15) is 20.3 Å². The van der Waals surface area contributed by atoms with Crippen molar-refractivity contribution < 1.29 is 8.98 Å². The second kappa shape index (κ2) is 7.39. The van der Waals surface area contributed by atoms with Gasteiger partial charge in [0.2, 0.25) is 0 Å². The fraction of sp³-hybridized carbons (Fsp3) is 0.857. The Labute approximate surface area is 77.8 Å². The standard InChI is InChI=1S/C7H16N2O2S/c1-6(2)9-5-4-7(10)11-12-8-3/h6,8-9H,4-5H2,1-3H3. The van der Waals surface area contributed by atoms with Crippen LogP contribution < -0.4 is 10.0 Å². The zero-order valence-electron chi connectivity index (χ0n) is 7.72. The maximum absolute atomic E-state index is 10.9. The number of nitrogens with one attached hydrogen (secondary N) is 2. The summed E-state index contributed by atoms with van der Waals surface area (Å²) in [4.78, 5) is 10.9. The van der Waals surface area contributed by atoms with Crippen LogP contribution in [0.15, 0.2) is 0 Å². The minimum atomic E-state index is -0.206. The Morgan fingerprint density at radius 2 is 2.25 bits per heavy atom. The first kappa shape index (κ1) is 11.7. The van der Waals surface area contributed by atoms with E-state index in [9.17, 15) is 4.79 Å². The van der Waals surface area contributed by atoms with Gasteiger partial charge in [-0.25, -0.2) is 4.72 Å². The van der Waals surface area contributed by atoms with E-state index in [1.165, 1.54) is 0 Å². The van der Waals surface area contributed by atoms with Crippen LogP contribution in [-0.4, -0.2) is 25.6 Å². The molecule has 0 bridgehead atoms. The molecule has 0 amide bonds. The van der Waals surface area contributed by atoms with Crippen molar-refractivity contribution in [3.8, 4) is 0 Å². The van der Waals surface area contributed by atoms with Gasteiger partial charge in [0.25, 0.3) is 0 Å². The quantitative estimate of drug-likeness (QED) is 0.479. The third-order valence-corrected chi connectivity index (χ3v) is 1.54. The monoisotopic (exact) mass is 192 g/mol. The zero-order valence-corrected chi connectivity index (χ0v) is 8.53. The van der Waals surface area contributed by atoms with E-state index in [0.717, 1.165) is 12.2 Å². The van der Waals surface area contributed by atoms with Crippen molar-refractivity contribution in [2.75, 3.05) is 13.6 Å². The van der Waals surface area contributed by atoms with Gasteiger partial charge in [-0.15, -0.1) is 0 Å². The van der Waals surface area contributed by atoms with Crippen LogP contribution in [0.25, 0.3) is 0 Å². The van der Waals surface area contributed by atoms with Crippen LogP contribution in [0.4, 0.5) is 0 Å². The molecule has 0 rings (SSSR count). The lowest BCUT2D eigenvalue weighted by atomic mass is 10.3. The molecule has 0 heterocycles. The van der Waals surface area contributed by atoms with Crippen LogP contribution in [0.2, 0.25) is 0 Å². The summed E-state index contributed by atoms with van der Waals surface area (Å²) in [5.41, 5.74) is 0. The number of carbonyl (C=O) groups excluding carboxylic acids is 1. The van der Waals surface area contributed by atoms with E-state index in [1.807, 2.05) is 13.8 Å². The maximum atomic E-state index is 10.9. The number of hydrogen-bond acceptors (Lipinski definition) is 5. The maximum Gasteiger partial charge on any atom is 0.320 e. The first-order chi connectivity index (χ1) is 5.66. The third kappa shape index (κ3) is 7.84. The Balaban J connectivity index is 3.20. The van der Waals surface area contributed by atoms with E-state index in [2.05, 4.69) is 10.0 Å². The SMILES string of the molecule is CNSOC(=O)CCNC(C)C. The van der Waals surface area contributed by atoms with Gasteiger partial charge in [-0.2, -0.15) is 0 Å². The highest BCUT2D eigenvalue weighted by Gasteiger charge is 2.02. The van der Waals surface area contributed by atoms with Gasteiger partial charge >= 0.3 is 5.97 Å². The Morgan fingerprint density at radius 3 is 2.75 bits per heavy atom. The molecule has 0 atom stereocenters. The molecule has 72 valence electrons. The first-order valence-electron chi connectivity index (χ1n) is 3.93. The molecule has 0 radical (unpaired) electrons. The Bertz CT molecular complexity index is 131. The molecular formula is C7H16N2O2S. The molecule has 0 spiro atoms. The molecule has 12 heavy (non-hydrogen) atoms. The Hall–Kier alpha value is -0.260. The van der Waals surface area contributed by atoms with Crippen molar-refractivity contribution >= 4 is 18.2 Å². The summed E-state index contributed by atoms with van der Waals surface area (Å²) in [5.74, 6) is -0.206. The Kier molecular flexibility index (Phi) is 7.23. The summed E-state index contributed by atoms with van der Waals surface area (Å²) >= 11 is 0.948. The molecule has 5 heteroatoms. The molecular weight excluding hydrogens is 176 g/mol. The molecule has 0 fully saturated rings. The molecule has 0 saturated carbocycles. The molecule has 0 unspecified atom stereocenters. The zero-order chi connectivity index (χ0) is 9.40. The van der Waals surface area contributed by atoms with Crippen molar-refractivity contribution in [2.45, 2.75) is 26.3 Å². The van der Waals surface area contributed by atoms with Gasteiger partial charge in [-0.1, -0.05) is 13.8 Å². The van der Waals surface area contributed by atoms with Gasteiger partial charge in [-0.3, -0.25) is 4.79 Å². The van der Waals surface area contributed by atoms with Gasteiger partial charge in [0, 0.05) is 12.6 Å². The summed E-state index contributed by atoms with van der Waals surface area (Å²) in [6.07, 6.45) is 0.410. The largest absolute Gasteiger partial charge is 0.375 e.